The maximum Gasteiger partial charge on any atom is 0.272 e. The Morgan fingerprint density at radius 3 is 2.62 bits per heavy atom. The normalized spacial score (nSPS) is 16.0. The fourth-order valence-corrected chi connectivity index (χ4v) is 4.38. The van der Waals surface area contributed by atoms with E-state index in [1.54, 1.807) is 30.3 Å². The molecule has 8 heteroatoms. The predicted octanol–water partition coefficient (Wildman–Crippen LogP) is 4.86. The molecule has 7 nitrogen and oxygen atoms in total. The van der Waals surface area contributed by atoms with E-state index in [2.05, 4.69) is 10.3 Å². The summed E-state index contributed by atoms with van der Waals surface area (Å²) in [4.78, 5) is 31.2. The van der Waals surface area contributed by atoms with E-state index in [0.29, 0.717) is 46.7 Å². The molecule has 0 aliphatic carbocycles. The highest BCUT2D eigenvalue weighted by molar-refractivity contribution is 6.31. The number of anilines is 1. The van der Waals surface area contributed by atoms with Crippen LogP contribution in [0.3, 0.4) is 0 Å². The van der Waals surface area contributed by atoms with Crippen LogP contribution < -0.4 is 14.8 Å². The molecule has 2 aromatic carbocycles. The van der Waals surface area contributed by atoms with Gasteiger partial charge in [-0.2, -0.15) is 0 Å². The van der Waals surface area contributed by atoms with Crippen molar-refractivity contribution in [2.24, 2.45) is 0 Å². The van der Waals surface area contributed by atoms with Gasteiger partial charge in [0.15, 0.2) is 11.5 Å². The molecule has 5 rings (SSSR count). The second kappa shape index (κ2) is 8.74. The average Bonchev–Trinajstić information content (AvgIpc) is 3.08. The number of hydrogen-bond acceptors (Lipinski definition) is 4. The summed E-state index contributed by atoms with van der Waals surface area (Å²) in [7, 11) is 0. The number of benzene rings is 2. The zero-order valence-corrected chi connectivity index (χ0v) is 18.3. The number of nitrogens with zero attached hydrogens (tertiary/aromatic N) is 1. The fraction of sp³-hybridized carbons (Fsp3) is 0.333. The minimum atomic E-state index is -0.316. The van der Waals surface area contributed by atoms with Gasteiger partial charge in [-0.25, -0.2) is 0 Å². The van der Waals surface area contributed by atoms with Crippen molar-refractivity contribution >= 4 is 40.0 Å². The number of nitrogens with one attached hydrogen (secondary N) is 2. The number of piperidine rings is 1. The lowest BCUT2D eigenvalue weighted by atomic mass is 10.1. The van der Waals surface area contributed by atoms with Gasteiger partial charge in [-0.05, 0) is 49.6 Å². The molecule has 3 aromatic rings. The Kier molecular flexibility index (Phi) is 5.66. The molecule has 0 unspecified atom stereocenters. The van der Waals surface area contributed by atoms with E-state index in [4.69, 9.17) is 21.1 Å². The summed E-state index contributed by atoms with van der Waals surface area (Å²) in [6, 6.07) is 10.5. The number of halogens is 1. The standard InChI is InChI=1S/C24H24ClN3O4/c25-16-5-6-19-15(11-16)12-20(27-19)23(29)26-17-13-18(24(30)28-7-2-1-3-8-28)22-21(14-17)31-9-4-10-32-22/h5-6,11-14,27H,1-4,7-10H2,(H,26,29). The Morgan fingerprint density at radius 1 is 0.969 bits per heavy atom. The van der Waals surface area contributed by atoms with Crippen molar-refractivity contribution in [1.82, 2.24) is 9.88 Å². The fourth-order valence-electron chi connectivity index (χ4n) is 4.20. The summed E-state index contributed by atoms with van der Waals surface area (Å²) in [5.74, 6) is 0.520. The van der Waals surface area contributed by atoms with Crippen LogP contribution in [0.1, 0.15) is 46.5 Å². The van der Waals surface area contributed by atoms with Gasteiger partial charge < -0.3 is 24.7 Å². The SMILES string of the molecule is O=C(Nc1cc2c(c(C(=O)N3CCCCC3)c1)OCCCO2)c1cc2cc(Cl)ccc2[nH]1. The van der Waals surface area contributed by atoms with Gasteiger partial charge in [-0.3, -0.25) is 9.59 Å². The van der Waals surface area contributed by atoms with Gasteiger partial charge in [0.2, 0.25) is 0 Å². The number of fused-ring (bicyclic) bond motifs is 2. The van der Waals surface area contributed by atoms with E-state index >= 15 is 0 Å². The highest BCUT2D eigenvalue weighted by Gasteiger charge is 2.26. The highest BCUT2D eigenvalue weighted by atomic mass is 35.5. The van der Waals surface area contributed by atoms with E-state index in [0.717, 1.165) is 49.7 Å². The van der Waals surface area contributed by atoms with Crippen LogP contribution in [-0.4, -0.2) is 48.0 Å². The lowest BCUT2D eigenvalue weighted by molar-refractivity contribution is 0.0719. The van der Waals surface area contributed by atoms with Gasteiger partial charge in [0.1, 0.15) is 5.69 Å². The number of hydrogen-bond donors (Lipinski definition) is 2. The number of carbonyl (C=O) groups excluding carboxylic acids is 2. The summed E-state index contributed by atoms with van der Waals surface area (Å²) in [6.45, 7) is 2.42. The molecule has 1 saturated heterocycles. The summed E-state index contributed by atoms with van der Waals surface area (Å²) in [5, 5.41) is 4.35. The number of likely N-dealkylation sites (tertiary alicyclic amines) is 1. The summed E-state index contributed by atoms with van der Waals surface area (Å²) in [6.07, 6.45) is 3.84. The van der Waals surface area contributed by atoms with Crippen LogP contribution in [0.25, 0.3) is 10.9 Å². The van der Waals surface area contributed by atoms with E-state index in [9.17, 15) is 9.59 Å². The first-order chi connectivity index (χ1) is 15.6. The molecular weight excluding hydrogens is 430 g/mol. The molecule has 0 radical (unpaired) electrons. The van der Waals surface area contributed by atoms with Crippen molar-refractivity contribution in [2.75, 3.05) is 31.6 Å². The van der Waals surface area contributed by atoms with E-state index in [-0.39, 0.29) is 11.8 Å². The monoisotopic (exact) mass is 453 g/mol. The zero-order chi connectivity index (χ0) is 22.1. The Hall–Kier alpha value is -3.19. The van der Waals surface area contributed by atoms with E-state index < -0.39 is 0 Å². The minimum absolute atomic E-state index is 0.0946. The molecule has 1 fully saturated rings. The Morgan fingerprint density at radius 2 is 1.78 bits per heavy atom. The van der Waals surface area contributed by atoms with Crippen LogP contribution in [0.15, 0.2) is 36.4 Å². The lowest BCUT2D eigenvalue weighted by Crippen LogP contribution is -2.35. The quantitative estimate of drug-likeness (QED) is 0.593. The van der Waals surface area contributed by atoms with Crippen molar-refractivity contribution in [3.63, 3.8) is 0 Å². The van der Waals surface area contributed by atoms with Crippen LogP contribution in [0.4, 0.5) is 5.69 Å². The Bertz CT molecular complexity index is 1180. The van der Waals surface area contributed by atoms with Crippen LogP contribution in [0, 0.1) is 0 Å². The van der Waals surface area contributed by atoms with Gasteiger partial charge >= 0.3 is 0 Å². The molecule has 166 valence electrons. The van der Waals surface area contributed by atoms with Crippen LogP contribution in [-0.2, 0) is 0 Å². The molecule has 0 saturated carbocycles. The van der Waals surface area contributed by atoms with Gasteiger partial charge in [0.25, 0.3) is 11.8 Å². The van der Waals surface area contributed by atoms with Crippen LogP contribution in [0.2, 0.25) is 5.02 Å². The predicted molar refractivity (Wildman–Crippen MR) is 123 cm³/mol. The molecule has 2 aliphatic rings. The molecule has 0 bridgehead atoms. The first kappa shape index (κ1) is 20.7. The number of ether oxygens (including phenoxy) is 2. The second-order valence-electron chi connectivity index (χ2n) is 8.12. The van der Waals surface area contributed by atoms with E-state index in [1.165, 1.54) is 0 Å². The molecule has 32 heavy (non-hydrogen) atoms. The average molecular weight is 454 g/mol. The maximum atomic E-state index is 13.3. The zero-order valence-electron chi connectivity index (χ0n) is 17.6. The number of aromatic nitrogens is 1. The summed E-state index contributed by atoms with van der Waals surface area (Å²) in [5.41, 5.74) is 2.12. The molecule has 2 amide bonds. The minimum Gasteiger partial charge on any atom is -0.489 e. The largest absolute Gasteiger partial charge is 0.489 e. The third-order valence-corrected chi connectivity index (χ3v) is 6.04. The molecule has 2 aliphatic heterocycles. The molecule has 1 aromatic heterocycles. The van der Waals surface area contributed by atoms with Crippen LogP contribution >= 0.6 is 11.6 Å². The molecule has 3 heterocycles. The second-order valence-corrected chi connectivity index (χ2v) is 8.56. The van der Waals surface area contributed by atoms with Gasteiger partial charge in [0, 0.05) is 47.2 Å². The lowest BCUT2D eigenvalue weighted by Gasteiger charge is -2.27. The van der Waals surface area contributed by atoms with Crippen molar-refractivity contribution < 1.29 is 19.1 Å². The number of carbonyl (C=O) groups is 2. The third kappa shape index (κ3) is 4.12. The van der Waals surface area contributed by atoms with Crippen molar-refractivity contribution in [3.8, 4) is 11.5 Å². The first-order valence-electron chi connectivity index (χ1n) is 10.9. The van der Waals surface area contributed by atoms with Crippen molar-refractivity contribution in [2.45, 2.75) is 25.7 Å². The number of aromatic amines is 1. The smallest absolute Gasteiger partial charge is 0.272 e. The molecule has 0 atom stereocenters. The molecular formula is C24H24ClN3O4. The third-order valence-electron chi connectivity index (χ3n) is 5.81. The summed E-state index contributed by atoms with van der Waals surface area (Å²) >= 11 is 6.05. The van der Waals surface area contributed by atoms with E-state index in [1.807, 2.05) is 11.0 Å². The maximum absolute atomic E-state index is 13.3. The summed E-state index contributed by atoms with van der Waals surface area (Å²) < 4.78 is 11.7. The molecule has 0 spiro atoms. The van der Waals surface area contributed by atoms with Gasteiger partial charge in [0.05, 0.1) is 18.8 Å². The first-order valence-corrected chi connectivity index (χ1v) is 11.3. The molecule has 2 N–H and O–H groups in total. The highest BCUT2D eigenvalue weighted by Crippen LogP contribution is 2.38. The number of rotatable bonds is 3. The Balaban J connectivity index is 1.46. The van der Waals surface area contributed by atoms with Crippen LogP contribution in [0.5, 0.6) is 11.5 Å². The van der Waals surface area contributed by atoms with Gasteiger partial charge in [-0.15, -0.1) is 0 Å². The van der Waals surface area contributed by atoms with Crippen molar-refractivity contribution in [3.05, 3.63) is 52.7 Å². The topological polar surface area (TPSA) is 83.7 Å². The van der Waals surface area contributed by atoms with Gasteiger partial charge in [-0.1, -0.05) is 11.6 Å². The number of amides is 2. The Labute approximate surface area is 190 Å². The van der Waals surface area contributed by atoms with Crippen molar-refractivity contribution in [1.29, 1.82) is 0 Å². The number of H-pyrrole nitrogens is 1.